The zero-order valence-corrected chi connectivity index (χ0v) is 12.0. The van der Waals surface area contributed by atoms with Crippen molar-refractivity contribution in [2.24, 2.45) is 0 Å². The average Bonchev–Trinajstić information content (AvgIpc) is 2.27. The number of benzene rings is 1. The first kappa shape index (κ1) is 14.7. The van der Waals surface area contributed by atoms with Crippen molar-refractivity contribution in [1.82, 2.24) is 4.31 Å². The molecular formula is C13H19NO3S. The minimum Gasteiger partial charge on any atom is -0.274 e. The molecule has 0 fully saturated rings. The van der Waals surface area contributed by atoms with Crippen molar-refractivity contribution in [2.45, 2.75) is 25.7 Å². The van der Waals surface area contributed by atoms with Crippen molar-refractivity contribution in [2.75, 3.05) is 13.3 Å². The van der Waals surface area contributed by atoms with Crippen LogP contribution in [-0.2, 0) is 20.2 Å². The number of hydrogen-bond donors (Lipinski definition) is 0. The van der Waals surface area contributed by atoms with Crippen LogP contribution in [0.15, 0.2) is 30.3 Å². The van der Waals surface area contributed by atoms with E-state index in [1.165, 1.54) is 7.05 Å². The molecule has 4 nitrogen and oxygen atoms in total. The van der Waals surface area contributed by atoms with Gasteiger partial charge in [0.25, 0.3) is 0 Å². The van der Waals surface area contributed by atoms with Gasteiger partial charge in [-0.05, 0) is 11.0 Å². The van der Waals surface area contributed by atoms with Gasteiger partial charge in [-0.25, -0.2) is 12.7 Å². The van der Waals surface area contributed by atoms with E-state index in [1.54, 1.807) is 0 Å². The van der Waals surface area contributed by atoms with E-state index in [0.717, 1.165) is 16.1 Å². The first-order valence-electron chi connectivity index (χ1n) is 5.67. The van der Waals surface area contributed by atoms with Crippen LogP contribution in [0.4, 0.5) is 0 Å². The van der Waals surface area contributed by atoms with E-state index in [2.05, 4.69) is 0 Å². The van der Waals surface area contributed by atoms with Crippen LogP contribution in [-0.4, -0.2) is 31.9 Å². The Kier molecular flexibility index (Phi) is 4.16. The molecule has 0 spiro atoms. The highest BCUT2D eigenvalue weighted by atomic mass is 32.2. The van der Waals surface area contributed by atoms with Crippen LogP contribution in [0.2, 0.25) is 0 Å². The SMILES string of the molecule is CN(C(=O)CC(C)(C)c1ccccc1)S(C)(=O)=O. The van der Waals surface area contributed by atoms with E-state index < -0.39 is 21.3 Å². The standard InChI is InChI=1S/C13H19NO3S/c1-13(2,11-8-6-5-7-9-11)10-12(15)14(3)18(4,16)17/h5-9H,10H2,1-4H3. The van der Waals surface area contributed by atoms with Gasteiger partial charge in [0.1, 0.15) is 0 Å². The van der Waals surface area contributed by atoms with E-state index >= 15 is 0 Å². The normalized spacial score (nSPS) is 12.2. The predicted octanol–water partition coefficient (Wildman–Crippen LogP) is 1.77. The second-order valence-electron chi connectivity index (χ2n) is 5.05. The van der Waals surface area contributed by atoms with Gasteiger partial charge in [-0.2, -0.15) is 0 Å². The van der Waals surface area contributed by atoms with Crippen molar-refractivity contribution in [3.8, 4) is 0 Å². The first-order chi connectivity index (χ1) is 8.14. The van der Waals surface area contributed by atoms with Crippen LogP contribution in [0.25, 0.3) is 0 Å². The summed E-state index contributed by atoms with van der Waals surface area (Å²) in [6, 6.07) is 9.59. The van der Waals surface area contributed by atoms with Crippen molar-refractivity contribution < 1.29 is 13.2 Å². The van der Waals surface area contributed by atoms with Gasteiger partial charge in [0, 0.05) is 13.5 Å². The van der Waals surface area contributed by atoms with Gasteiger partial charge < -0.3 is 0 Å². The largest absolute Gasteiger partial charge is 0.274 e. The van der Waals surface area contributed by atoms with Gasteiger partial charge >= 0.3 is 0 Å². The minimum atomic E-state index is -3.47. The molecule has 0 saturated carbocycles. The fraction of sp³-hybridized carbons (Fsp3) is 0.462. The van der Waals surface area contributed by atoms with Gasteiger partial charge in [0.05, 0.1) is 6.26 Å². The molecule has 0 N–H and O–H groups in total. The van der Waals surface area contributed by atoms with Gasteiger partial charge in [-0.1, -0.05) is 44.2 Å². The highest BCUT2D eigenvalue weighted by molar-refractivity contribution is 7.88. The monoisotopic (exact) mass is 269 g/mol. The second kappa shape index (κ2) is 5.10. The molecule has 18 heavy (non-hydrogen) atoms. The molecule has 0 aliphatic rings. The summed E-state index contributed by atoms with van der Waals surface area (Å²) in [4.78, 5) is 11.9. The number of rotatable bonds is 4. The molecular weight excluding hydrogens is 250 g/mol. The highest BCUT2D eigenvalue weighted by Gasteiger charge is 2.28. The molecule has 1 rings (SSSR count). The maximum absolute atomic E-state index is 11.9. The average molecular weight is 269 g/mol. The van der Waals surface area contributed by atoms with Crippen LogP contribution in [0.5, 0.6) is 0 Å². The smallest absolute Gasteiger partial charge is 0.236 e. The van der Waals surface area contributed by atoms with E-state index in [-0.39, 0.29) is 6.42 Å². The molecule has 5 heteroatoms. The Morgan fingerprint density at radius 3 is 2.17 bits per heavy atom. The summed E-state index contributed by atoms with van der Waals surface area (Å²) < 4.78 is 23.4. The number of amides is 1. The molecule has 1 aromatic rings. The molecule has 0 aliphatic carbocycles. The zero-order chi connectivity index (χ0) is 14.0. The van der Waals surface area contributed by atoms with E-state index in [0.29, 0.717) is 0 Å². The minimum absolute atomic E-state index is 0.153. The molecule has 0 atom stereocenters. The third-order valence-corrected chi connectivity index (χ3v) is 4.20. The Morgan fingerprint density at radius 2 is 1.72 bits per heavy atom. The number of carbonyl (C=O) groups excluding carboxylic acids is 1. The quantitative estimate of drug-likeness (QED) is 0.837. The van der Waals surface area contributed by atoms with Crippen LogP contribution in [0.3, 0.4) is 0 Å². The topological polar surface area (TPSA) is 54.5 Å². The summed E-state index contributed by atoms with van der Waals surface area (Å²) in [5, 5.41) is 0. The van der Waals surface area contributed by atoms with E-state index in [9.17, 15) is 13.2 Å². The Morgan fingerprint density at radius 1 is 1.22 bits per heavy atom. The van der Waals surface area contributed by atoms with E-state index in [1.807, 2.05) is 44.2 Å². The summed E-state index contributed by atoms with van der Waals surface area (Å²) in [7, 11) is -2.18. The molecule has 0 radical (unpaired) electrons. The molecule has 0 heterocycles. The number of hydrogen-bond acceptors (Lipinski definition) is 3. The Balaban J connectivity index is 2.88. The molecule has 0 aliphatic heterocycles. The summed E-state index contributed by atoms with van der Waals surface area (Å²) in [5.74, 6) is -0.397. The summed E-state index contributed by atoms with van der Waals surface area (Å²) >= 11 is 0. The summed E-state index contributed by atoms with van der Waals surface area (Å²) in [6.45, 7) is 3.85. The predicted molar refractivity (Wildman–Crippen MR) is 71.7 cm³/mol. The first-order valence-corrected chi connectivity index (χ1v) is 7.52. The molecule has 0 saturated heterocycles. The summed E-state index contributed by atoms with van der Waals surface area (Å²) in [6.07, 6.45) is 1.18. The third kappa shape index (κ3) is 3.57. The van der Waals surface area contributed by atoms with Crippen molar-refractivity contribution in [1.29, 1.82) is 0 Å². The molecule has 1 aromatic carbocycles. The molecule has 1 amide bonds. The summed E-state index contributed by atoms with van der Waals surface area (Å²) in [5.41, 5.74) is 0.623. The number of nitrogens with zero attached hydrogens (tertiary/aromatic N) is 1. The third-order valence-electron chi connectivity index (χ3n) is 3.00. The molecule has 0 aromatic heterocycles. The number of sulfonamides is 1. The van der Waals surface area contributed by atoms with Gasteiger partial charge in [0.2, 0.25) is 15.9 Å². The Labute approximate surface area is 109 Å². The zero-order valence-electron chi connectivity index (χ0n) is 11.2. The molecule has 100 valence electrons. The van der Waals surface area contributed by atoms with Crippen molar-refractivity contribution in [3.05, 3.63) is 35.9 Å². The lowest BCUT2D eigenvalue weighted by Gasteiger charge is -2.26. The van der Waals surface area contributed by atoms with Crippen LogP contribution in [0, 0.1) is 0 Å². The van der Waals surface area contributed by atoms with Gasteiger partial charge in [0.15, 0.2) is 0 Å². The van der Waals surface area contributed by atoms with E-state index in [4.69, 9.17) is 0 Å². The Hall–Kier alpha value is -1.36. The van der Waals surface area contributed by atoms with Crippen LogP contribution >= 0.6 is 0 Å². The van der Waals surface area contributed by atoms with Crippen LogP contribution < -0.4 is 0 Å². The second-order valence-corrected chi connectivity index (χ2v) is 7.06. The van der Waals surface area contributed by atoms with Gasteiger partial charge in [-0.3, -0.25) is 4.79 Å². The van der Waals surface area contributed by atoms with Crippen molar-refractivity contribution >= 4 is 15.9 Å². The fourth-order valence-corrected chi connectivity index (χ4v) is 2.10. The van der Waals surface area contributed by atoms with Crippen molar-refractivity contribution in [3.63, 3.8) is 0 Å². The molecule has 0 unspecified atom stereocenters. The van der Waals surface area contributed by atoms with Crippen LogP contribution in [0.1, 0.15) is 25.8 Å². The molecule has 0 bridgehead atoms. The lowest BCUT2D eigenvalue weighted by molar-refractivity contribution is -0.126. The maximum Gasteiger partial charge on any atom is 0.236 e. The lowest BCUT2D eigenvalue weighted by atomic mass is 9.81. The number of carbonyl (C=O) groups is 1. The lowest BCUT2D eigenvalue weighted by Crippen LogP contribution is -2.36. The highest BCUT2D eigenvalue weighted by Crippen LogP contribution is 2.27. The maximum atomic E-state index is 11.9. The van der Waals surface area contributed by atoms with Gasteiger partial charge in [-0.15, -0.1) is 0 Å². The Bertz CT molecular complexity index is 520. The fourth-order valence-electron chi connectivity index (χ4n) is 1.67.